The Morgan fingerprint density at radius 3 is 2.67 bits per heavy atom. The van der Waals surface area contributed by atoms with Crippen LogP contribution in [0.5, 0.6) is 0 Å². The van der Waals surface area contributed by atoms with Crippen molar-refractivity contribution in [1.29, 1.82) is 0 Å². The largest absolute Gasteiger partial charge is 0.467 e. The van der Waals surface area contributed by atoms with Gasteiger partial charge >= 0.3 is 0 Å². The molecule has 1 aliphatic heterocycles. The summed E-state index contributed by atoms with van der Waals surface area (Å²) < 4.78 is 5.38. The maximum atomic E-state index is 13.6. The van der Waals surface area contributed by atoms with Gasteiger partial charge in [-0.15, -0.1) is 11.3 Å². The van der Waals surface area contributed by atoms with Gasteiger partial charge in [-0.2, -0.15) is 0 Å². The molecule has 1 saturated carbocycles. The highest BCUT2D eigenvalue weighted by Crippen LogP contribution is 2.47. The van der Waals surface area contributed by atoms with Gasteiger partial charge in [0.1, 0.15) is 5.76 Å². The summed E-state index contributed by atoms with van der Waals surface area (Å²) in [5, 5.41) is 5.07. The van der Waals surface area contributed by atoms with Crippen LogP contribution in [0.25, 0.3) is 0 Å². The molecule has 0 radical (unpaired) electrons. The highest BCUT2D eigenvalue weighted by Gasteiger charge is 2.47. The third kappa shape index (κ3) is 3.35. The number of fused-ring (bicyclic) bond motifs is 1. The first-order valence-corrected chi connectivity index (χ1v) is 11.4. The predicted molar refractivity (Wildman–Crippen MR) is 115 cm³/mol. The van der Waals surface area contributed by atoms with Gasteiger partial charge in [0.2, 0.25) is 5.91 Å². The Hall–Kier alpha value is -2.86. The number of carbonyl (C=O) groups excluding carboxylic acids is 2. The monoisotopic (exact) mass is 420 g/mol. The standard InChI is InChI=1S/C24H24N2O3S/c27-23(25-15-17-9-5-13-29-17)21-18-10-3-4-11-19(18)24(28)26(16-7-1-2-8-16)22(21)20-12-6-14-30-20/h3-6,9-14,16,21-22H,1-2,7-8,15H2,(H,25,27)/t21-,22-/m0/s1. The summed E-state index contributed by atoms with van der Waals surface area (Å²) in [6.07, 6.45) is 5.85. The van der Waals surface area contributed by atoms with Gasteiger partial charge in [0.25, 0.3) is 5.91 Å². The topological polar surface area (TPSA) is 62.6 Å². The van der Waals surface area contributed by atoms with Crippen molar-refractivity contribution in [2.24, 2.45) is 0 Å². The molecule has 0 unspecified atom stereocenters. The molecule has 2 atom stereocenters. The Morgan fingerprint density at radius 2 is 1.93 bits per heavy atom. The van der Waals surface area contributed by atoms with Crippen LogP contribution in [-0.2, 0) is 11.3 Å². The van der Waals surface area contributed by atoms with E-state index in [2.05, 4.69) is 5.32 Å². The van der Waals surface area contributed by atoms with Crippen molar-refractivity contribution < 1.29 is 14.0 Å². The molecule has 1 aromatic carbocycles. The molecule has 6 heteroatoms. The molecule has 2 amide bonds. The van der Waals surface area contributed by atoms with Crippen molar-refractivity contribution in [2.45, 2.75) is 50.2 Å². The Morgan fingerprint density at radius 1 is 1.10 bits per heavy atom. The zero-order valence-electron chi connectivity index (χ0n) is 16.6. The van der Waals surface area contributed by atoms with Crippen molar-refractivity contribution in [3.8, 4) is 0 Å². The first kappa shape index (κ1) is 19.1. The second-order valence-electron chi connectivity index (χ2n) is 7.97. The molecule has 2 aliphatic rings. The minimum absolute atomic E-state index is 0.0472. The predicted octanol–water partition coefficient (Wildman–Crippen LogP) is 4.88. The van der Waals surface area contributed by atoms with Crippen LogP contribution in [0.3, 0.4) is 0 Å². The number of furan rings is 1. The first-order chi connectivity index (χ1) is 14.7. The summed E-state index contributed by atoms with van der Waals surface area (Å²) in [6, 6.07) is 15.2. The highest BCUT2D eigenvalue weighted by atomic mass is 32.1. The number of hydrogen-bond donors (Lipinski definition) is 1. The van der Waals surface area contributed by atoms with E-state index in [0.717, 1.165) is 36.1 Å². The van der Waals surface area contributed by atoms with E-state index in [-0.39, 0.29) is 23.9 Å². The summed E-state index contributed by atoms with van der Waals surface area (Å²) in [4.78, 5) is 30.2. The fourth-order valence-electron chi connectivity index (χ4n) is 4.88. The fraction of sp³-hybridized carbons (Fsp3) is 0.333. The van der Waals surface area contributed by atoms with E-state index >= 15 is 0 Å². The van der Waals surface area contributed by atoms with E-state index in [4.69, 9.17) is 4.42 Å². The van der Waals surface area contributed by atoms with Crippen LogP contribution < -0.4 is 5.32 Å². The molecule has 0 saturated heterocycles. The summed E-state index contributed by atoms with van der Waals surface area (Å²) in [5.74, 6) is 0.232. The summed E-state index contributed by atoms with van der Waals surface area (Å²) >= 11 is 1.61. The lowest BCUT2D eigenvalue weighted by molar-refractivity contribution is -0.124. The van der Waals surface area contributed by atoms with Gasteiger partial charge in [-0.3, -0.25) is 9.59 Å². The minimum atomic E-state index is -0.451. The van der Waals surface area contributed by atoms with Crippen LogP contribution in [-0.4, -0.2) is 22.8 Å². The SMILES string of the molecule is O=C(NCc1ccco1)[C@H]1c2ccccc2C(=O)N(C2CCCC2)[C@H]1c1cccs1. The molecule has 1 N–H and O–H groups in total. The molecule has 1 fully saturated rings. The molecule has 5 nitrogen and oxygen atoms in total. The molecule has 5 rings (SSSR count). The van der Waals surface area contributed by atoms with Crippen LogP contribution in [0, 0.1) is 0 Å². The number of carbonyl (C=O) groups is 2. The quantitative estimate of drug-likeness (QED) is 0.640. The average Bonchev–Trinajstić information content (AvgIpc) is 3.55. The first-order valence-electron chi connectivity index (χ1n) is 10.5. The number of hydrogen-bond acceptors (Lipinski definition) is 4. The Bertz CT molecular complexity index is 1020. The number of rotatable bonds is 5. The fourth-order valence-corrected chi connectivity index (χ4v) is 5.74. The number of benzene rings is 1. The summed E-state index contributed by atoms with van der Waals surface area (Å²) in [6.45, 7) is 0.332. The molecule has 0 spiro atoms. The van der Waals surface area contributed by atoms with Gasteiger partial charge in [-0.05, 0) is 48.1 Å². The van der Waals surface area contributed by atoms with Gasteiger partial charge in [0, 0.05) is 16.5 Å². The zero-order chi connectivity index (χ0) is 20.5. The van der Waals surface area contributed by atoms with Gasteiger partial charge in [-0.25, -0.2) is 0 Å². The van der Waals surface area contributed by atoms with Crippen LogP contribution in [0.1, 0.15) is 64.2 Å². The molecule has 1 aliphatic carbocycles. The van der Waals surface area contributed by atoms with E-state index in [1.165, 1.54) is 0 Å². The minimum Gasteiger partial charge on any atom is -0.467 e. The van der Waals surface area contributed by atoms with Gasteiger partial charge in [-0.1, -0.05) is 37.1 Å². The molecule has 30 heavy (non-hydrogen) atoms. The maximum absolute atomic E-state index is 13.6. The second-order valence-corrected chi connectivity index (χ2v) is 8.95. The average molecular weight is 421 g/mol. The van der Waals surface area contributed by atoms with Crippen LogP contribution >= 0.6 is 11.3 Å². The normalized spacial score (nSPS) is 21.6. The van der Waals surface area contributed by atoms with Crippen LogP contribution in [0.2, 0.25) is 0 Å². The summed E-state index contributed by atoms with van der Waals surface area (Å²) in [5.41, 5.74) is 1.46. The molecule has 2 aromatic heterocycles. The highest BCUT2D eigenvalue weighted by molar-refractivity contribution is 7.10. The van der Waals surface area contributed by atoms with Crippen molar-refractivity contribution in [3.05, 3.63) is 81.9 Å². The van der Waals surface area contributed by atoms with E-state index in [1.54, 1.807) is 17.6 Å². The van der Waals surface area contributed by atoms with Crippen molar-refractivity contribution in [2.75, 3.05) is 0 Å². The van der Waals surface area contributed by atoms with Crippen LogP contribution in [0.15, 0.2) is 64.6 Å². The lowest BCUT2D eigenvalue weighted by Crippen LogP contribution is -2.50. The van der Waals surface area contributed by atoms with E-state index < -0.39 is 5.92 Å². The smallest absolute Gasteiger partial charge is 0.254 e. The Labute approximate surface area is 179 Å². The molecule has 3 heterocycles. The Balaban J connectivity index is 1.57. The zero-order valence-corrected chi connectivity index (χ0v) is 17.4. The van der Waals surface area contributed by atoms with Crippen molar-refractivity contribution >= 4 is 23.2 Å². The Kier molecular flexibility index (Phi) is 5.17. The maximum Gasteiger partial charge on any atom is 0.254 e. The number of thiophene rings is 1. The number of amides is 2. The van der Waals surface area contributed by atoms with Gasteiger partial charge in [0.05, 0.1) is 24.8 Å². The van der Waals surface area contributed by atoms with Gasteiger partial charge in [0.15, 0.2) is 0 Å². The molecular formula is C24H24N2O3S. The van der Waals surface area contributed by atoms with E-state index in [0.29, 0.717) is 17.9 Å². The number of nitrogens with one attached hydrogen (secondary N) is 1. The number of nitrogens with zero attached hydrogens (tertiary/aromatic N) is 1. The lowest BCUT2D eigenvalue weighted by Gasteiger charge is -2.44. The van der Waals surface area contributed by atoms with Crippen molar-refractivity contribution in [1.82, 2.24) is 10.2 Å². The van der Waals surface area contributed by atoms with Gasteiger partial charge < -0.3 is 14.6 Å². The second kappa shape index (κ2) is 8.11. The van der Waals surface area contributed by atoms with E-state index in [9.17, 15) is 9.59 Å². The third-order valence-electron chi connectivity index (χ3n) is 6.23. The summed E-state index contributed by atoms with van der Waals surface area (Å²) in [7, 11) is 0. The lowest BCUT2D eigenvalue weighted by atomic mass is 9.80. The molecule has 0 bridgehead atoms. The third-order valence-corrected chi connectivity index (χ3v) is 7.17. The van der Waals surface area contributed by atoms with Crippen molar-refractivity contribution in [3.63, 3.8) is 0 Å². The van der Waals surface area contributed by atoms with Crippen LogP contribution in [0.4, 0.5) is 0 Å². The molecular weight excluding hydrogens is 396 g/mol. The molecule has 3 aromatic rings. The van der Waals surface area contributed by atoms with E-state index in [1.807, 2.05) is 58.8 Å². The molecule has 154 valence electrons.